The molecule has 6 N–H and O–H groups in total. The largest absolute Gasteiger partial charge is 0.480 e. The van der Waals surface area contributed by atoms with Crippen molar-refractivity contribution in [2.45, 2.75) is 24.9 Å². The zero-order valence-corrected chi connectivity index (χ0v) is 15.6. The molecule has 9 nitrogen and oxygen atoms in total. The third-order valence-electron chi connectivity index (χ3n) is 2.25. The summed E-state index contributed by atoms with van der Waals surface area (Å²) in [5.41, 5.74) is 5.23. The predicted octanol–water partition coefficient (Wildman–Crippen LogP) is -2.59. The maximum absolute atomic E-state index is 11.5. The molecule has 115 valence electrons. The SMILES string of the molecule is N[C@@H](CCC(=O)N[C@@H](CS)C(=O)NCC(=O)O)C(=O)O.[K]. The first-order valence-corrected chi connectivity index (χ1v) is 6.29. The monoisotopic (exact) mass is 346 g/mol. The molecule has 0 unspecified atom stereocenters. The van der Waals surface area contributed by atoms with Crippen LogP contribution < -0.4 is 16.4 Å². The standard InChI is InChI=1S/C10H17N3O6S.K/c11-5(10(18)19)1-2-7(14)13-6(4-20)9(17)12-3-8(15)16;/h5-6,20H,1-4,11H2,(H,12,17)(H,13,14)(H,15,16)(H,18,19);/t5-,6-;/m0./s1. The van der Waals surface area contributed by atoms with Gasteiger partial charge in [0.05, 0.1) is 0 Å². The van der Waals surface area contributed by atoms with Gasteiger partial charge in [-0.05, 0) is 6.42 Å². The van der Waals surface area contributed by atoms with Crippen molar-refractivity contribution in [1.82, 2.24) is 10.6 Å². The Labute approximate surface area is 169 Å². The van der Waals surface area contributed by atoms with E-state index in [2.05, 4.69) is 23.3 Å². The first-order valence-electron chi connectivity index (χ1n) is 5.66. The second-order valence-electron chi connectivity index (χ2n) is 3.90. The molecule has 21 heavy (non-hydrogen) atoms. The number of aliphatic carboxylic acids is 2. The van der Waals surface area contributed by atoms with Crippen LogP contribution in [0.2, 0.25) is 0 Å². The van der Waals surface area contributed by atoms with Crippen molar-refractivity contribution in [2.75, 3.05) is 12.3 Å². The number of carbonyl (C=O) groups is 4. The van der Waals surface area contributed by atoms with Crippen molar-refractivity contribution in [3.05, 3.63) is 0 Å². The van der Waals surface area contributed by atoms with Gasteiger partial charge in [0.1, 0.15) is 18.6 Å². The van der Waals surface area contributed by atoms with Crippen LogP contribution in [0, 0.1) is 0 Å². The maximum atomic E-state index is 11.5. The van der Waals surface area contributed by atoms with Crippen LogP contribution in [0.4, 0.5) is 0 Å². The molecule has 0 aliphatic heterocycles. The molecule has 0 fully saturated rings. The minimum absolute atomic E-state index is 0. The number of hydrogen-bond acceptors (Lipinski definition) is 6. The number of carboxylic acid groups (broad SMARTS) is 2. The Morgan fingerprint density at radius 3 is 2.19 bits per heavy atom. The number of rotatable bonds is 9. The van der Waals surface area contributed by atoms with Gasteiger partial charge < -0.3 is 26.6 Å². The fourth-order valence-corrected chi connectivity index (χ4v) is 1.41. The fourth-order valence-electron chi connectivity index (χ4n) is 1.16. The summed E-state index contributed by atoms with van der Waals surface area (Å²) in [5, 5.41) is 21.4. The van der Waals surface area contributed by atoms with Gasteiger partial charge in [0, 0.05) is 63.6 Å². The van der Waals surface area contributed by atoms with Gasteiger partial charge in [-0.3, -0.25) is 19.2 Å². The quantitative estimate of drug-likeness (QED) is 0.197. The van der Waals surface area contributed by atoms with Crippen molar-refractivity contribution in [3.63, 3.8) is 0 Å². The molecule has 2 atom stereocenters. The van der Waals surface area contributed by atoms with Gasteiger partial charge in [-0.1, -0.05) is 0 Å². The van der Waals surface area contributed by atoms with Crippen molar-refractivity contribution < 1.29 is 29.4 Å². The molecule has 1 radical (unpaired) electrons. The smallest absolute Gasteiger partial charge is 0.322 e. The third-order valence-corrected chi connectivity index (χ3v) is 2.61. The summed E-state index contributed by atoms with van der Waals surface area (Å²) in [7, 11) is 0. The number of thiol groups is 1. The predicted molar refractivity (Wildman–Crippen MR) is 77.0 cm³/mol. The molecular weight excluding hydrogens is 329 g/mol. The van der Waals surface area contributed by atoms with Gasteiger partial charge in [-0.25, -0.2) is 0 Å². The summed E-state index contributed by atoms with van der Waals surface area (Å²) in [4.78, 5) is 43.7. The Morgan fingerprint density at radius 2 is 1.76 bits per heavy atom. The van der Waals surface area contributed by atoms with Crippen molar-refractivity contribution in [3.8, 4) is 0 Å². The average molecular weight is 346 g/mol. The first-order chi connectivity index (χ1) is 9.27. The summed E-state index contributed by atoms with van der Waals surface area (Å²) < 4.78 is 0. The molecule has 0 aromatic heterocycles. The summed E-state index contributed by atoms with van der Waals surface area (Å²) >= 11 is 3.87. The van der Waals surface area contributed by atoms with E-state index in [1.165, 1.54) is 0 Å². The van der Waals surface area contributed by atoms with Gasteiger partial charge in [0.2, 0.25) is 11.8 Å². The van der Waals surface area contributed by atoms with E-state index in [0.29, 0.717) is 0 Å². The maximum Gasteiger partial charge on any atom is 0.322 e. The van der Waals surface area contributed by atoms with Crippen LogP contribution in [-0.2, 0) is 19.2 Å². The van der Waals surface area contributed by atoms with E-state index in [0.717, 1.165) is 0 Å². The summed E-state index contributed by atoms with van der Waals surface area (Å²) in [5.74, 6) is -3.70. The first kappa shape index (κ1) is 23.1. The number of carbonyl (C=O) groups excluding carboxylic acids is 2. The Bertz CT molecular complexity index is 395. The van der Waals surface area contributed by atoms with Crippen LogP contribution in [-0.4, -0.2) is 110 Å². The molecule has 0 saturated heterocycles. The van der Waals surface area contributed by atoms with Crippen LogP contribution in [0.5, 0.6) is 0 Å². The van der Waals surface area contributed by atoms with E-state index in [1.807, 2.05) is 0 Å². The van der Waals surface area contributed by atoms with E-state index in [-0.39, 0.29) is 70.0 Å². The van der Waals surface area contributed by atoms with Gasteiger partial charge in [-0.15, -0.1) is 0 Å². The number of hydrogen-bond donors (Lipinski definition) is 6. The number of nitrogens with two attached hydrogens (primary N) is 1. The molecule has 0 spiro atoms. The van der Waals surface area contributed by atoms with E-state index in [4.69, 9.17) is 15.9 Å². The molecule has 0 aliphatic carbocycles. The fraction of sp³-hybridized carbons (Fsp3) is 0.600. The van der Waals surface area contributed by atoms with E-state index in [9.17, 15) is 19.2 Å². The summed E-state index contributed by atoms with van der Waals surface area (Å²) in [6.45, 7) is -0.567. The van der Waals surface area contributed by atoms with Crippen molar-refractivity contribution in [2.24, 2.45) is 5.73 Å². The van der Waals surface area contributed by atoms with Gasteiger partial charge >= 0.3 is 11.9 Å². The molecule has 2 amide bonds. The van der Waals surface area contributed by atoms with E-state index in [1.54, 1.807) is 0 Å². The Kier molecular flexibility index (Phi) is 13.6. The van der Waals surface area contributed by atoms with Crippen molar-refractivity contribution >= 4 is 87.8 Å². The van der Waals surface area contributed by atoms with E-state index >= 15 is 0 Å². The molecule has 0 aromatic carbocycles. The third kappa shape index (κ3) is 11.1. The van der Waals surface area contributed by atoms with Crippen LogP contribution in [0.25, 0.3) is 0 Å². The Balaban J connectivity index is 0. The summed E-state index contributed by atoms with van der Waals surface area (Å²) in [6, 6.07) is -2.15. The molecule has 0 heterocycles. The number of carboxylic acids is 2. The topological polar surface area (TPSA) is 159 Å². The molecule has 0 aliphatic rings. The van der Waals surface area contributed by atoms with Crippen LogP contribution in [0.15, 0.2) is 0 Å². The minimum atomic E-state index is -1.22. The zero-order valence-electron chi connectivity index (χ0n) is 11.5. The van der Waals surface area contributed by atoms with Crippen LogP contribution in [0.3, 0.4) is 0 Å². The summed E-state index contributed by atoms with van der Waals surface area (Å²) in [6.07, 6.45) is -0.235. The number of nitrogens with one attached hydrogen (secondary N) is 2. The van der Waals surface area contributed by atoms with Gasteiger partial charge in [-0.2, -0.15) is 12.6 Å². The average Bonchev–Trinajstić information content (AvgIpc) is 2.38. The molecule has 0 rings (SSSR count). The normalized spacial score (nSPS) is 12.5. The zero-order chi connectivity index (χ0) is 15.7. The van der Waals surface area contributed by atoms with Crippen molar-refractivity contribution in [1.29, 1.82) is 0 Å². The Morgan fingerprint density at radius 1 is 1.19 bits per heavy atom. The molecule has 0 aromatic rings. The van der Waals surface area contributed by atoms with Gasteiger partial charge in [0.15, 0.2) is 0 Å². The number of amides is 2. The second-order valence-corrected chi connectivity index (χ2v) is 4.26. The molecule has 11 heteroatoms. The molecular formula is C10H17KN3O6S. The molecule has 0 saturated carbocycles. The second kappa shape index (κ2) is 12.4. The minimum Gasteiger partial charge on any atom is -0.480 e. The molecule has 0 bridgehead atoms. The van der Waals surface area contributed by atoms with Gasteiger partial charge in [0.25, 0.3) is 0 Å². The van der Waals surface area contributed by atoms with E-state index < -0.39 is 42.4 Å². The Hall–Kier alpha value is -0.174. The van der Waals surface area contributed by atoms with Crippen LogP contribution in [0.1, 0.15) is 12.8 Å². The van der Waals surface area contributed by atoms with Crippen LogP contribution >= 0.6 is 12.6 Å².